The number of hydrogen-bond donors (Lipinski definition) is 1. The highest BCUT2D eigenvalue weighted by atomic mass is 16.6. The summed E-state index contributed by atoms with van der Waals surface area (Å²) in [7, 11) is 0. The third kappa shape index (κ3) is 4.58. The van der Waals surface area contributed by atoms with Crippen molar-refractivity contribution in [1.29, 1.82) is 0 Å². The van der Waals surface area contributed by atoms with Crippen molar-refractivity contribution in [3.63, 3.8) is 0 Å². The van der Waals surface area contributed by atoms with Gasteiger partial charge in [0.2, 0.25) is 11.9 Å². The van der Waals surface area contributed by atoms with Crippen LogP contribution in [-0.4, -0.2) is 31.0 Å². The fourth-order valence-corrected chi connectivity index (χ4v) is 4.13. The molecule has 35 heavy (non-hydrogen) atoms. The summed E-state index contributed by atoms with van der Waals surface area (Å²) in [6.07, 6.45) is 2.42. The molecule has 0 bridgehead atoms. The number of nitrogens with zero attached hydrogens (tertiary/aromatic N) is 6. The van der Waals surface area contributed by atoms with Crippen LogP contribution in [0.4, 0.5) is 23.4 Å². The number of nitro benzene ring substituents is 1. The number of aromatic nitrogens is 4. The fraction of sp³-hybridized carbons (Fsp3) is 0.200. The van der Waals surface area contributed by atoms with E-state index in [4.69, 9.17) is 4.98 Å². The summed E-state index contributed by atoms with van der Waals surface area (Å²) in [6.45, 7) is 3.19. The zero-order valence-corrected chi connectivity index (χ0v) is 19.0. The molecule has 2 aromatic carbocycles. The van der Waals surface area contributed by atoms with Crippen LogP contribution in [0.15, 0.2) is 77.7 Å². The van der Waals surface area contributed by atoms with Gasteiger partial charge in [-0.2, -0.15) is 4.98 Å². The minimum atomic E-state index is -0.465. The van der Waals surface area contributed by atoms with Crippen LogP contribution in [0, 0.1) is 10.1 Å². The first-order chi connectivity index (χ1) is 17.0. The van der Waals surface area contributed by atoms with Gasteiger partial charge in [0.25, 0.3) is 11.2 Å². The number of benzene rings is 2. The Morgan fingerprint density at radius 3 is 2.66 bits per heavy atom. The molecule has 1 atom stereocenters. The van der Waals surface area contributed by atoms with Gasteiger partial charge in [0, 0.05) is 43.0 Å². The number of anilines is 3. The summed E-state index contributed by atoms with van der Waals surface area (Å²) in [4.78, 5) is 39.3. The number of nitro groups is 1. The minimum Gasteiger partial charge on any atom is -0.348 e. The molecule has 1 N–H and O–H groups in total. The highest BCUT2D eigenvalue weighted by Gasteiger charge is 2.24. The average Bonchev–Trinajstić information content (AvgIpc) is 2.89. The number of hydrogen-bond acceptors (Lipinski definition) is 8. The van der Waals surface area contributed by atoms with Gasteiger partial charge in [0.15, 0.2) is 0 Å². The second-order valence-electron chi connectivity index (χ2n) is 8.26. The first-order valence-electron chi connectivity index (χ1n) is 11.3. The van der Waals surface area contributed by atoms with Crippen molar-refractivity contribution in [3.8, 4) is 11.3 Å². The van der Waals surface area contributed by atoms with Crippen molar-refractivity contribution in [2.45, 2.75) is 25.9 Å². The molecule has 2 aromatic heterocycles. The highest BCUT2D eigenvalue weighted by Crippen LogP contribution is 2.29. The van der Waals surface area contributed by atoms with Crippen molar-refractivity contribution >= 4 is 23.4 Å². The van der Waals surface area contributed by atoms with E-state index in [-0.39, 0.29) is 17.3 Å². The second kappa shape index (κ2) is 9.34. The molecule has 1 aliphatic rings. The summed E-state index contributed by atoms with van der Waals surface area (Å²) >= 11 is 0. The van der Waals surface area contributed by atoms with Crippen LogP contribution in [0.1, 0.15) is 24.9 Å². The molecule has 1 unspecified atom stereocenters. The van der Waals surface area contributed by atoms with E-state index in [9.17, 15) is 14.9 Å². The number of fused-ring (bicyclic) bond motifs is 1. The van der Waals surface area contributed by atoms with Gasteiger partial charge in [-0.05, 0) is 25.0 Å². The van der Waals surface area contributed by atoms with Crippen molar-refractivity contribution < 1.29 is 4.92 Å². The fourth-order valence-electron chi connectivity index (χ4n) is 4.13. The standard InChI is InChI=1S/C25H23N7O3/c1-17(18-7-3-2-4-8-18)27-24-26-12-11-22(29-24)30-13-6-14-31-23(33)16-21(28-25(30)31)19-9-5-10-20(15-19)32(34)35/h2-5,7-12,15-17H,6,13-14H2,1H3,(H,26,27,29). The number of non-ortho nitro benzene ring substituents is 1. The maximum atomic E-state index is 12.9. The van der Waals surface area contributed by atoms with Crippen molar-refractivity contribution in [3.05, 3.63) is 99.0 Å². The molecule has 0 radical (unpaired) electrons. The lowest BCUT2D eigenvalue weighted by molar-refractivity contribution is -0.384. The van der Waals surface area contributed by atoms with E-state index < -0.39 is 4.92 Å². The van der Waals surface area contributed by atoms with Gasteiger partial charge in [0.1, 0.15) is 5.82 Å². The molecule has 0 spiro atoms. The SMILES string of the molecule is CC(Nc1nccc(N2CCCn3c2nc(-c2cccc([N+](=O)[O-])c2)cc3=O)n1)c1ccccc1. The Bertz CT molecular complexity index is 1440. The Morgan fingerprint density at radius 1 is 1.03 bits per heavy atom. The van der Waals surface area contributed by atoms with E-state index in [1.54, 1.807) is 29.0 Å². The second-order valence-corrected chi connectivity index (χ2v) is 8.26. The van der Waals surface area contributed by atoms with Gasteiger partial charge in [-0.3, -0.25) is 24.4 Å². The Hall–Kier alpha value is -4.60. The van der Waals surface area contributed by atoms with E-state index in [2.05, 4.69) is 15.3 Å². The van der Waals surface area contributed by atoms with Crippen LogP contribution in [0.25, 0.3) is 11.3 Å². The average molecular weight is 470 g/mol. The summed E-state index contributed by atoms with van der Waals surface area (Å²) in [5.74, 6) is 1.53. The summed E-state index contributed by atoms with van der Waals surface area (Å²) in [5, 5.41) is 14.5. The van der Waals surface area contributed by atoms with Crippen LogP contribution in [0.2, 0.25) is 0 Å². The van der Waals surface area contributed by atoms with Gasteiger partial charge < -0.3 is 5.32 Å². The van der Waals surface area contributed by atoms with Crippen molar-refractivity contribution in [1.82, 2.24) is 19.5 Å². The summed E-state index contributed by atoms with van der Waals surface area (Å²) in [6, 6.07) is 19.3. The Morgan fingerprint density at radius 2 is 1.86 bits per heavy atom. The van der Waals surface area contributed by atoms with E-state index in [1.807, 2.05) is 42.2 Å². The Balaban J connectivity index is 1.50. The molecule has 10 heteroatoms. The molecule has 10 nitrogen and oxygen atoms in total. The monoisotopic (exact) mass is 469 g/mol. The molecule has 0 fully saturated rings. The summed E-state index contributed by atoms with van der Waals surface area (Å²) < 4.78 is 1.60. The van der Waals surface area contributed by atoms with Crippen molar-refractivity contribution in [2.75, 3.05) is 16.8 Å². The predicted octanol–water partition coefficient (Wildman–Crippen LogP) is 4.32. The summed E-state index contributed by atoms with van der Waals surface area (Å²) in [5.41, 5.74) is 1.72. The van der Waals surface area contributed by atoms with E-state index in [1.165, 1.54) is 18.2 Å². The highest BCUT2D eigenvalue weighted by molar-refractivity contribution is 5.65. The van der Waals surface area contributed by atoms with Crippen LogP contribution >= 0.6 is 0 Å². The van der Waals surface area contributed by atoms with E-state index in [0.717, 1.165) is 12.0 Å². The maximum Gasteiger partial charge on any atom is 0.270 e. The lowest BCUT2D eigenvalue weighted by Gasteiger charge is -2.30. The molecule has 1 aliphatic heterocycles. The minimum absolute atomic E-state index is 0.00121. The molecule has 0 saturated heterocycles. The quantitative estimate of drug-likeness (QED) is 0.327. The zero-order chi connectivity index (χ0) is 24.4. The zero-order valence-electron chi connectivity index (χ0n) is 19.0. The molecule has 5 rings (SSSR count). The molecular weight excluding hydrogens is 446 g/mol. The predicted molar refractivity (Wildman–Crippen MR) is 133 cm³/mol. The molecule has 0 saturated carbocycles. The van der Waals surface area contributed by atoms with Gasteiger partial charge in [-0.1, -0.05) is 42.5 Å². The van der Waals surface area contributed by atoms with Crippen molar-refractivity contribution in [2.24, 2.45) is 0 Å². The first kappa shape index (κ1) is 22.2. The van der Waals surface area contributed by atoms with Crippen LogP contribution in [0.3, 0.4) is 0 Å². The molecule has 0 aliphatic carbocycles. The third-order valence-electron chi connectivity index (χ3n) is 5.91. The third-order valence-corrected chi connectivity index (χ3v) is 5.91. The Kier molecular flexibility index (Phi) is 5.92. The van der Waals surface area contributed by atoms with Gasteiger partial charge in [-0.25, -0.2) is 9.97 Å². The molecule has 3 heterocycles. The molecule has 0 amide bonds. The van der Waals surface area contributed by atoms with Crippen LogP contribution in [0.5, 0.6) is 0 Å². The lowest BCUT2D eigenvalue weighted by Crippen LogP contribution is -2.36. The van der Waals surface area contributed by atoms with Crippen LogP contribution < -0.4 is 15.8 Å². The molecule has 4 aromatic rings. The van der Waals surface area contributed by atoms with Gasteiger partial charge in [-0.15, -0.1) is 0 Å². The van der Waals surface area contributed by atoms with E-state index >= 15 is 0 Å². The lowest BCUT2D eigenvalue weighted by atomic mass is 10.1. The maximum absolute atomic E-state index is 12.9. The number of nitrogens with one attached hydrogen (secondary N) is 1. The normalized spacial score (nSPS) is 13.7. The Labute approximate surface area is 201 Å². The first-order valence-corrected chi connectivity index (χ1v) is 11.3. The van der Waals surface area contributed by atoms with Crippen LogP contribution in [-0.2, 0) is 6.54 Å². The van der Waals surface area contributed by atoms with Gasteiger partial charge >= 0.3 is 0 Å². The molecular formula is C25H23N7O3. The van der Waals surface area contributed by atoms with E-state index in [0.29, 0.717) is 42.1 Å². The topological polar surface area (TPSA) is 119 Å². The largest absolute Gasteiger partial charge is 0.348 e. The molecule has 176 valence electrons. The smallest absolute Gasteiger partial charge is 0.270 e. The van der Waals surface area contributed by atoms with Gasteiger partial charge in [0.05, 0.1) is 16.7 Å². The number of rotatable bonds is 6.